The largest absolute Gasteiger partial charge is 0.469 e. The molecule has 0 unspecified atom stereocenters. The summed E-state index contributed by atoms with van der Waals surface area (Å²) in [5, 5.41) is 0. The molecule has 1 aromatic rings. The Morgan fingerprint density at radius 1 is 1.14 bits per heavy atom. The van der Waals surface area contributed by atoms with Gasteiger partial charge >= 0.3 is 11.9 Å². The highest BCUT2D eigenvalue weighted by Crippen LogP contribution is 2.49. The second-order valence-electron chi connectivity index (χ2n) is 6.43. The minimum atomic E-state index is -0.542. The summed E-state index contributed by atoms with van der Waals surface area (Å²) in [5.74, 6) is -1.58. The Morgan fingerprint density at radius 2 is 1.73 bits per heavy atom. The Kier molecular flexibility index (Phi) is 4.59. The molecular formula is C18H24O4. The van der Waals surface area contributed by atoms with Crippen molar-refractivity contribution >= 4 is 11.9 Å². The molecule has 1 aliphatic rings. The Hall–Kier alpha value is -1.84. The fourth-order valence-corrected chi connectivity index (χ4v) is 3.74. The quantitative estimate of drug-likeness (QED) is 0.806. The van der Waals surface area contributed by atoms with Crippen molar-refractivity contribution in [2.24, 2.45) is 17.8 Å². The lowest BCUT2D eigenvalue weighted by atomic mass is 9.55. The van der Waals surface area contributed by atoms with E-state index >= 15 is 0 Å². The zero-order valence-corrected chi connectivity index (χ0v) is 13.9. The molecule has 0 aliphatic heterocycles. The van der Waals surface area contributed by atoms with E-state index in [-0.39, 0.29) is 17.9 Å². The normalized spacial score (nSPS) is 27.2. The van der Waals surface area contributed by atoms with Gasteiger partial charge in [-0.1, -0.05) is 45.0 Å². The van der Waals surface area contributed by atoms with Crippen LogP contribution in [0.1, 0.15) is 31.9 Å². The smallest absolute Gasteiger partial charge is 0.310 e. The van der Waals surface area contributed by atoms with Gasteiger partial charge in [-0.15, -0.1) is 0 Å². The number of hydrogen-bond acceptors (Lipinski definition) is 4. The molecule has 22 heavy (non-hydrogen) atoms. The number of benzene rings is 1. The summed E-state index contributed by atoms with van der Waals surface area (Å²) in [7, 11) is 2.74. The average Bonchev–Trinajstić information content (AvgIpc) is 2.53. The first-order valence-electron chi connectivity index (χ1n) is 7.61. The topological polar surface area (TPSA) is 52.6 Å². The number of fused-ring (bicyclic) bond motifs is 1. The lowest BCUT2D eigenvalue weighted by Crippen LogP contribution is -2.52. The van der Waals surface area contributed by atoms with Crippen molar-refractivity contribution in [2.45, 2.75) is 32.6 Å². The SMILES string of the molecule is COC(=O)[C@H]1Cc2ccccc2[C@](C)(C(C)C)[C@@H]1C(=O)OC. The summed E-state index contributed by atoms with van der Waals surface area (Å²) in [5.41, 5.74) is 1.76. The van der Waals surface area contributed by atoms with Crippen molar-refractivity contribution in [1.82, 2.24) is 0 Å². The van der Waals surface area contributed by atoms with Gasteiger partial charge < -0.3 is 9.47 Å². The maximum atomic E-state index is 12.5. The van der Waals surface area contributed by atoms with Gasteiger partial charge in [0.25, 0.3) is 0 Å². The Balaban J connectivity index is 2.67. The summed E-state index contributed by atoms with van der Waals surface area (Å²) in [4.78, 5) is 24.8. The van der Waals surface area contributed by atoms with Crippen molar-refractivity contribution < 1.29 is 19.1 Å². The van der Waals surface area contributed by atoms with Gasteiger partial charge in [-0.25, -0.2) is 0 Å². The van der Waals surface area contributed by atoms with E-state index in [9.17, 15) is 9.59 Å². The van der Waals surface area contributed by atoms with E-state index < -0.39 is 17.3 Å². The number of carbonyl (C=O) groups is 2. The second kappa shape index (κ2) is 6.11. The van der Waals surface area contributed by atoms with Crippen LogP contribution >= 0.6 is 0 Å². The Labute approximate surface area is 131 Å². The Morgan fingerprint density at radius 3 is 2.27 bits per heavy atom. The van der Waals surface area contributed by atoms with Gasteiger partial charge in [0.1, 0.15) is 0 Å². The van der Waals surface area contributed by atoms with Gasteiger partial charge in [-0.3, -0.25) is 9.59 Å². The predicted octanol–water partition coefficient (Wildman–Crippen LogP) is 2.73. The van der Waals surface area contributed by atoms with Gasteiger partial charge in [0, 0.05) is 5.41 Å². The van der Waals surface area contributed by atoms with Gasteiger partial charge in [0.2, 0.25) is 0 Å². The zero-order valence-electron chi connectivity index (χ0n) is 13.9. The third-order valence-corrected chi connectivity index (χ3v) is 5.24. The minimum Gasteiger partial charge on any atom is -0.469 e. The fourth-order valence-electron chi connectivity index (χ4n) is 3.74. The van der Waals surface area contributed by atoms with Crippen molar-refractivity contribution in [3.05, 3.63) is 35.4 Å². The van der Waals surface area contributed by atoms with Gasteiger partial charge in [0.05, 0.1) is 26.1 Å². The van der Waals surface area contributed by atoms with Crippen LogP contribution in [0.25, 0.3) is 0 Å². The molecule has 0 saturated heterocycles. The van der Waals surface area contributed by atoms with Crippen LogP contribution in [0, 0.1) is 17.8 Å². The van der Waals surface area contributed by atoms with E-state index in [1.165, 1.54) is 14.2 Å². The molecule has 4 heteroatoms. The van der Waals surface area contributed by atoms with Crippen LogP contribution in [0.2, 0.25) is 0 Å². The van der Waals surface area contributed by atoms with E-state index in [0.29, 0.717) is 6.42 Å². The maximum Gasteiger partial charge on any atom is 0.310 e. The van der Waals surface area contributed by atoms with Crippen LogP contribution in [-0.2, 0) is 30.9 Å². The monoisotopic (exact) mass is 304 g/mol. The summed E-state index contributed by atoms with van der Waals surface area (Å²) in [6.45, 7) is 6.20. The standard InChI is InChI=1S/C18H24O4/c1-11(2)18(3)14-9-7-6-8-12(14)10-13(16(19)21-4)15(18)17(20)22-5/h6-9,11,13,15H,10H2,1-5H3/t13-,15-,18-/m0/s1. The number of esters is 2. The predicted molar refractivity (Wildman–Crippen MR) is 83.3 cm³/mol. The number of rotatable bonds is 3. The van der Waals surface area contributed by atoms with E-state index in [4.69, 9.17) is 9.47 Å². The average molecular weight is 304 g/mol. The first-order chi connectivity index (χ1) is 10.4. The molecule has 120 valence electrons. The zero-order chi connectivity index (χ0) is 16.5. The molecular weight excluding hydrogens is 280 g/mol. The summed E-state index contributed by atoms with van der Waals surface area (Å²) < 4.78 is 9.98. The van der Waals surface area contributed by atoms with E-state index in [2.05, 4.69) is 19.9 Å². The first kappa shape index (κ1) is 16.5. The van der Waals surface area contributed by atoms with E-state index in [0.717, 1.165) is 11.1 Å². The number of carbonyl (C=O) groups excluding carboxylic acids is 2. The highest BCUT2D eigenvalue weighted by Gasteiger charge is 2.54. The first-order valence-corrected chi connectivity index (χ1v) is 7.61. The second-order valence-corrected chi connectivity index (χ2v) is 6.43. The third kappa shape index (κ3) is 2.40. The number of ether oxygens (including phenoxy) is 2. The molecule has 0 heterocycles. The van der Waals surface area contributed by atoms with Crippen molar-refractivity contribution in [3.63, 3.8) is 0 Å². The molecule has 3 atom stereocenters. The van der Waals surface area contributed by atoms with Crippen molar-refractivity contribution in [3.8, 4) is 0 Å². The fraction of sp³-hybridized carbons (Fsp3) is 0.556. The van der Waals surface area contributed by atoms with Crippen molar-refractivity contribution in [1.29, 1.82) is 0 Å². The van der Waals surface area contributed by atoms with Gasteiger partial charge in [-0.05, 0) is 23.5 Å². The highest BCUT2D eigenvalue weighted by atomic mass is 16.5. The molecule has 0 bridgehead atoms. The molecule has 0 fully saturated rings. The van der Waals surface area contributed by atoms with Crippen LogP contribution in [0.5, 0.6) is 0 Å². The molecule has 0 aromatic heterocycles. The summed E-state index contributed by atoms with van der Waals surface area (Å²) >= 11 is 0. The molecule has 0 amide bonds. The molecule has 1 aromatic carbocycles. The lowest BCUT2D eigenvalue weighted by molar-refractivity contribution is -0.162. The third-order valence-electron chi connectivity index (χ3n) is 5.24. The van der Waals surface area contributed by atoms with Crippen LogP contribution in [0.3, 0.4) is 0 Å². The molecule has 0 radical (unpaired) electrons. The lowest BCUT2D eigenvalue weighted by Gasteiger charge is -2.47. The van der Waals surface area contributed by atoms with Gasteiger partial charge in [0.15, 0.2) is 0 Å². The van der Waals surface area contributed by atoms with Crippen molar-refractivity contribution in [2.75, 3.05) is 14.2 Å². The summed E-state index contributed by atoms with van der Waals surface area (Å²) in [6, 6.07) is 8.02. The highest BCUT2D eigenvalue weighted by molar-refractivity contribution is 5.85. The molecule has 1 aliphatic carbocycles. The molecule has 0 spiro atoms. The molecule has 2 rings (SSSR count). The van der Waals surface area contributed by atoms with Gasteiger partial charge in [-0.2, -0.15) is 0 Å². The molecule has 0 saturated carbocycles. The Bertz CT molecular complexity index is 578. The number of hydrogen-bond donors (Lipinski definition) is 0. The molecule has 4 nitrogen and oxygen atoms in total. The van der Waals surface area contributed by atoms with Crippen LogP contribution in [-0.4, -0.2) is 26.2 Å². The summed E-state index contributed by atoms with van der Waals surface area (Å²) in [6.07, 6.45) is 0.505. The van der Waals surface area contributed by atoms with E-state index in [1.807, 2.05) is 25.1 Å². The van der Waals surface area contributed by atoms with Crippen LogP contribution in [0.4, 0.5) is 0 Å². The van der Waals surface area contributed by atoms with Crippen LogP contribution < -0.4 is 0 Å². The maximum absolute atomic E-state index is 12.5. The van der Waals surface area contributed by atoms with Crippen LogP contribution in [0.15, 0.2) is 24.3 Å². The molecule has 0 N–H and O–H groups in total. The minimum absolute atomic E-state index is 0.171. The van der Waals surface area contributed by atoms with E-state index in [1.54, 1.807) is 0 Å². The number of methoxy groups -OCH3 is 2.